The molecule has 0 saturated carbocycles. The molecule has 84 valence electrons. The standard InChI is InChI=1S/C12H18FNS/c1-9-8-10(4-5-11(9)13)12(6-7-15)14(2)3/h4-5,8,12,15H,6-7H2,1-3H3. The van der Waals surface area contributed by atoms with E-state index in [1.807, 2.05) is 26.2 Å². The van der Waals surface area contributed by atoms with Crippen LogP contribution in [0.25, 0.3) is 0 Å². The largest absolute Gasteiger partial charge is 0.302 e. The van der Waals surface area contributed by atoms with Gasteiger partial charge in [-0.25, -0.2) is 4.39 Å². The minimum atomic E-state index is -0.137. The Morgan fingerprint density at radius 3 is 2.53 bits per heavy atom. The van der Waals surface area contributed by atoms with Crippen LogP contribution in [0.15, 0.2) is 18.2 Å². The number of halogens is 1. The second-order valence-electron chi connectivity index (χ2n) is 4.00. The van der Waals surface area contributed by atoms with Gasteiger partial charge in [-0.3, -0.25) is 0 Å². The van der Waals surface area contributed by atoms with E-state index in [9.17, 15) is 4.39 Å². The molecule has 3 heteroatoms. The van der Waals surface area contributed by atoms with E-state index in [0.29, 0.717) is 11.6 Å². The molecule has 15 heavy (non-hydrogen) atoms. The SMILES string of the molecule is Cc1cc(C(CCS)N(C)C)ccc1F. The summed E-state index contributed by atoms with van der Waals surface area (Å²) in [4.78, 5) is 2.14. The van der Waals surface area contributed by atoms with E-state index >= 15 is 0 Å². The molecule has 0 bridgehead atoms. The Balaban J connectivity index is 2.95. The van der Waals surface area contributed by atoms with Crippen molar-refractivity contribution in [3.05, 3.63) is 35.1 Å². The van der Waals surface area contributed by atoms with Gasteiger partial charge in [-0.1, -0.05) is 12.1 Å². The lowest BCUT2D eigenvalue weighted by Crippen LogP contribution is -2.20. The number of rotatable bonds is 4. The molecule has 0 aliphatic rings. The molecule has 1 rings (SSSR count). The van der Waals surface area contributed by atoms with Crippen LogP contribution < -0.4 is 0 Å². The number of thiol groups is 1. The summed E-state index contributed by atoms with van der Waals surface area (Å²) in [6.07, 6.45) is 0.973. The zero-order valence-electron chi connectivity index (χ0n) is 9.50. The van der Waals surface area contributed by atoms with Gasteiger partial charge in [-0.05, 0) is 50.4 Å². The lowest BCUT2D eigenvalue weighted by atomic mass is 10.0. The molecule has 1 aromatic rings. The van der Waals surface area contributed by atoms with Crippen LogP contribution >= 0.6 is 12.6 Å². The third-order valence-corrected chi connectivity index (χ3v) is 2.85. The highest BCUT2D eigenvalue weighted by Gasteiger charge is 2.13. The van der Waals surface area contributed by atoms with Crippen LogP contribution in [0.5, 0.6) is 0 Å². The van der Waals surface area contributed by atoms with Crippen molar-refractivity contribution in [3.8, 4) is 0 Å². The van der Waals surface area contributed by atoms with Crippen molar-refractivity contribution in [1.29, 1.82) is 0 Å². The smallest absolute Gasteiger partial charge is 0.126 e. The number of nitrogens with zero attached hydrogens (tertiary/aromatic N) is 1. The lowest BCUT2D eigenvalue weighted by molar-refractivity contribution is 0.293. The zero-order chi connectivity index (χ0) is 11.4. The van der Waals surface area contributed by atoms with Crippen LogP contribution in [-0.4, -0.2) is 24.7 Å². The summed E-state index contributed by atoms with van der Waals surface area (Å²) in [6, 6.07) is 5.64. The highest BCUT2D eigenvalue weighted by atomic mass is 32.1. The van der Waals surface area contributed by atoms with Gasteiger partial charge in [-0.15, -0.1) is 0 Å². The Morgan fingerprint density at radius 1 is 1.40 bits per heavy atom. The number of aryl methyl sites for hydroxylation is 1. The minimum Gasteiger partial charge on any atom is -0.302 e. The lowest BCUT2D eigenvalue weighted by Gasteiger charge is -2.24. The second-order valence-corrected chi connectivity index (χ2v) is 4.45. The van der Waals surface area contributed by atoms with E-state index in [4.69, 9.17) is 0 Å². The summed E-state index contributed by atoms with van der Waals surface area (Å²) in [5.74, 6) is 0.696. The summed E-state index contributed by atoms with van der Waals surface area (Å²) in [5, 5.41) is 0. The van der Waals surface area contributed by atoms with E-state index in [-0.39, 0.29) is 5.82 Å². The van der Waals surface area contributed by atoms with Crippen molar-refractivity contribution in [3.63, 3.8) is 0 Å². The molecule has 1 atom stereocenters. The van der Waals surface area contributed by atoms with Crippen LogP contribution in [-0.2, 0) is 0 Å². The Morgan fingerprint density at radius 2 is 2.07 bits per heavy atom. The Kier molecular flexibility index (Phi) is 4.61. The van der Waals surface area contributed by atoms with Crippen LogP contribution in [0.2, 0.25) is 0 Å². The van der Waals surface area contributed by atoms with Crippen molar-refractivity contribution in [2.75, 3.05) is 19.8 Å². The Labute approximate surface area is 96.7 Å². The third-order valence-electron chi connectivity index (χ3n) is 2.59. The zero-order valence-corrected chi connectivity index (χ0v) is 10.4. The first kappa shape index (κ1) is 12.5. The van der Waals surface area contributed by atoms with Gasteiger partial charge in [0, 0.05) is 6.04 Å². The van der Waals surface area contributed by atoms with Gasteiger partial charge in [0.05, 0.1) is 0 Å². The van der Waals surface area contributed by atoms with Gasteiger partial charge in [0.2, 0.25) is 0 Å². The van der Waals surface area contributed by atoms with Gasteiger partial charge in [0.25, 0.3) is 0 Å². The van der Waals surface area contributed by atoms with Crippen molar-refractivity contribution < 1.29 is 4.39 Å². The molecule has 0 N–H and O–H groups in total. The molecule has 0 heterocycles. The summed E-state index contributed by atoms with van der Waals surface area (Å²) in [5.41, 5.74) is 1.87. The fourth-order valence-corrected chi connectivity index (χ4v) is 1.97. The molecule has 0 aliphatic carbocycles. The second kappa shape index (κ2) is 5.52. The minimum absolute atomic E-state index is 0.137. The highest BCUT2D eigenvalue weighted by Crippen LogP contribution is 2.24. The maximum atomic E-state index is 13.1. The predicted octanol–water partition coefficient (Wildman–Crippen LogP) is 3.06. The Bertz CT molecular complexity index is 325. The molecule has 0 radical (unpaired) electrons. The summed E-state index contributed by atoms with van der Waals surface area (Å²) < 4.78 is 13.1. The molecule has 0 aliphatic heterocycles. The van der Waals surface area contributed by atoms with E-state index < -0.39 is 0 Å². The quantitative estimate of drug-likeness (QED) is 0.774. The average molecular weight is 227 g/mol. The van der Waals surface area contributed by atoms with E-state index in [1.165, 1.54) is 0 Å². The van der Waals surface area contributed by atoms with E-state index in [0.717, 1.165) is 17.7 Å². The number of benzene rings is 1. The molecule has 1 unspecified atom stereocenters. The molecular formula is C12H18FNS. The van der Waals surface area contributed by atoms with Crippen molar-refractivity contribution >= 4 is 12.6 Å². The van der Waals surface area contributed by atoms with Gasteiger partial charge in [0.1, 0.15) is 5.82 Å². The fraction of sp³-hybridized carbons (Fsp3) is 0.500. The molecule has 0 amide bonds. The first-order valence-corrected chi connectivity index (χ1v) is 5.73. The Hall–Kier alpha value is -0.540. The summed E-state index contributed by atoms with van der Waals surface area (Å²) >= 11 is 4.25. The van der Waals surface area contributed by atoms with Gasteiger partial charge >= 0.3 is 0 Å². The molecule has 1 aromatic carbocycles. The van der Waals surface area contributed by atoms with Crippen LogP contribution in [0.3, 0.4) is 0 Å². The monoisotopic (exact) mass is 227 g/mol. The maximum absolute atomic E-state index is 13.1. The van der Waals surface area contributed by atoms with Crippen molar-refractivity contribution in [1.82, 2.24) is 4.90 Å². The van der Waals surface area contributed by atoms with E-state index in [1.54, 1.807) is 13.0 Å². The first-order chi connectivity index (χ1) is 7.06. The van der Waals surface area contributed by atoms with Gasteiger partial charge in [0.15, 0.2) is 0 Å². The number of hydrogen-bond donors (Lipinski definition) is 1. The third kappa shape index (κ3) is 3.21. The molecule has 0 fully saturated rings. The van der Waals surface area contributed by atoms with Gasteiger partial charge in [-0.2, -0.15) is 12.6 Å². The molecule has 1 nitrogen and oxygen atoms in total. The molecular weight excluding hydrogens is 209 g/mol. The van der Waals surface area contributed by atoms with Crippen molar-refractivity contribution in [2.45, 2.75) is 19.4 Å². The van der Waals surface area contributed by atoms with E-state index in [2.05, 4.69) is 17.5 Å². The predicted molar refractivity (Wildman–Crippen MR) is 66.0 cm³/mol. The van der Waals surface area contributed by atoms with Crippen LogP contribution in [0, 0.1) is 12.7 Å². The topological polar surface area (TPSA) is 3.24 Å². The maximum Gasteiger partial charge on any atom is 0.126 e. The summed E-state index contributed by atoms with van der Waals surface area (Å²) in [6.45, 7) is 1.80. The molecule has 0 saturated heterocycles. The van der Waals surface area contributed by atoms with Gasteiger partial charge < -0.3 is 4.90 Å². The van der Waals surface area contributed by atoms with Crippen LogP contribution in [0.1, 0.15) is 23.6 Å². The fourth-order valence-electron chi connectivity index (χ4n) is 1.72. The highest BCUT2D eigenvalue weighted by molar-refractivity contribution is 7.80. The average Bonchev–Trinajstić information content (AvgIpc) is 2.18. The number of hydrogen-bond acceptors (Lipinski definition) is 2. The molecule has 0 aromatic heterocycles. The van der Waals surface area contributed by atoms with Crippen LogP contribution in [0.4, 0.5) is 4.39 Å². The first-order valence-electron chi connectivity index (χ1n) is 5.09. The molecule has 0 spiro atoms. The van der Waals surface area contributed by atoms with Crippen molar-refractivity contribution in [2.24, 2.45) is 0 Å². The normalized spacial score (nSPS) is 13.2. The summed E-state index contributed by atoms with van der Waals surface area (Å²) in [7, 11) is 4.07.